The van der Waals surface area contributed by atoms with Crippen LogP contribution in [0.1, 0.15) is 30.4 Å². The highest BCUT2D eigenvalue weighted by molar-refractivity contribution is 5.91. The Balaban J connectivity index is 1.52. The van der Waals surface area contributed by atoms with Crippen LogP contribution in [0.15, 0.2) is 18.5 Å². The van der Waals surface area contributed by atoms with Crippen molar-refractivity contribution in [3.8, 4) is 0 Å². The molecular formula is C14H17N5O2. The van der Waals surface area contributed by atoms with Crippen LogP contribution in [0.25, 0.3) is 5.78 Å². The SMILES string of the molecule is CC[C@@H]1[C@@H](NC(=O)c2nc3ncccn3n2)[C@@H]2CCO[C@H]12. The Labute approximate surface area is 121 Å². The van der Waals surface area contributed by atoms with E-state index in [9.17, 15) is 4.79 Å². The van der Waals surface area contributed by atoms with Crippen LogP contribution in [0.5, 0.6) is 0 Å². The van der Waals surface area contributed by atoms with Gasteiger partial charge in [-0.05, 0) is 18.9 Å². The van der Waals surface area contributed by atoms with Gasteiger partial charge < -0.3 is 10.1 Å². The summed E-state index contributed by atoms with van der Waals surface area (Å²) < 4.78 is 7.23. The molecule has 3 heterocycles. The van der Waals surface area contributed by atoms with E-state index >= 15 is 0 Å². The molecule has 1 N–H and O–H groups in total. The zero-order valence-electron chi connectivity index (χ0n) is 11.8. The molecule has 2 aromatic heterocycles. The van der Waals surface area contributed by atoms with Crippen molar-refractivity contribution in [3.63, 3.8) is 0 Å². The van der Waals surface area contributed by atoms with Gasteiger partial charge in [-0.25, -0.2) is 9.50 Å². The minimum atomic E-state index is -0.227. The maximum atomic E-state index is 12.3. The molecule has 0 aromatic carbocycles. The second kappa shape index (κ2) is 4.77. The molecule has 4 rings (SSSR count). The van der Waals surface area contributed by atoms with Gasteiger partial charge in [0.05, 0.1) is 6.10 Å². The second-order valence-corrected chi connectivity index (χ2v) is 5.66. The van der Waals surface area contributed by atoms with Gasteiger partial charge in [0.1, 0.15) is 0 Å². The number of amides is 1. The number of hydrogen-bond donors (Lipinski definition) is 1. The number of rotatable bonds is 3. The molecule has 2 aliphatic rings. The Morgan fingerprint density at radius 2 is 2.48 bits per heavy atom. The van der Waals surface area contributed by atoms with Crippen molar-refractivity contribution in [3.05, 3.63) is 24.3 Å². The zero-order valence-corrected chi connectivity index (χ0v) is 11.8. The maximum absolute atomic E-state index is 12.3. The van der Waals surface area contributed by atoms with Crippen LogP contribution in [0.3, 0.4) is 0 Å². The number of hydrogen-bond acceptors (Lipinski definition) is 5. The van der Waals surface area contributed by atoms with E-state index in [0.717, 1.165) is 19.4 Å². The third-order valence-electron chi connectivity index (χ3n) is 4.62. The number of fused-ring (bicyclic) bond motifs is 2. The minimum absolute atomic E-state index is 0.172. The van der Waals surface area contributed by atoms with E-state index in [1.165, 1.54) is 4.52 Å². The first-order valence-electron chi connectivity index (χ1n) is 7.38. The molecule has 21 heavy (non-hydrogen) atoms. The summed E-state index contributed by atoms with van der Waals surface area (Å²) in [5.41, 5.74) is 0. The van der Waals surface area contributed by atoms with Crippen LogP contribution in [-0.2, 0) is 4.74 Å². The Morgan fingerprint density at radius 3 is 3.29 bits per heavy atom. The fraction of sp³-hybridized carbons (Fsp3) is 0.571. The summed E-state index contributed by atoms with van der Waals surface area (Å²) in [6, 6.07) is 1.93. The number of carbonyl (C=O) groups is 1. The van der Waals surface area contributed by atoms with Gasteiger partial charge in [0.2, 0.25) is 5.82 Å². The molecule has 1 saturated heterocycles. The molecular weight excluding hydrogens is 270 g/mol. The van der Waals surface area contributed by atoms with E-state index in [-0.39, 0.29) is 17.8 Å². The molecule has 0 bridgehead atoms. The van der Waals surface area contributed by atoms with Crippen LogP contribution in [-0.4, -0.2) is 44.2 Å². The molecule has 4 atom stereocenters. The molecule has 7 nitrogen and oxygen atoms in total. The first kappa shape index (κ1) is 12.7. The van der Waals surface area contributed by atoms with Gasteiger partial charge in [0.25, 0.3) is 11.7 Å². The van der Waals surface area contributed by atoms with Gasteiger partial charge in [-0.2, -0.15) is 4.98 Å². The number of nitrogens with zero attached hydrogens (tertiary/aromatic N) is 4. The molecule has 0 radical (unpaired) electrons. The lowest BCUT2D eigenvalue weighted by molar-refractivity contribution is -0.0546. The number of carbonyl (C=O) groups excluding carboxylic acids is 1. The maximum Gasteiger partial charge on any atom is 0.291 e. The molecule has 0 spiro atoms. The number of nitrogens with one attached hydrogen (secondary N) is 1. The van der Waals surface area contributed by atoms with Crippen LogP contribution >= 0.6 is 0 Å². The zero-order chi connectivity index (χ0) is 14.4. The highest BCUT2D eigenvalue weighted by Gasteiger charge is 2.53. The molecule has 110 valence electrons. The first-order chi connectivity index (χ1) is 10.3. The molecule has 2 aromatic rings. The van der Waals surface area contributed by atoms with E-state index in [0.29, 0.717) is 23.7 Å². The topological polar surface area (TPSA) is 81.4 Å². The van der Waals surface area contributed by atoms with Crippen LogP contribution < -0.4 is 5.32 Å². The van der Waals surface area contributed by atoms with Crippen LogP contribution in [0, 0.1) is 11.8 Å². The number of aromatic nitrogens is 4. The van der Waals surface area contributed by atoms with E-state index in [1.54, 1.807) is 18.5 Å². The lowest BCUT2D eigenvalue weighted by atomic mass is 9.65. The average Bonchev–Trinajstić information content (AvgIpc) is 3.09. The Morgan fingerprint density at radius 1 is 1.57 bits per heavy atom. The minimum Gasteiger partial charge on any atom is -0.377 e. The largest absolute Gasteiger partial charge is 0.377 e. The summed E-state index contributed by atoms with van der Waals surface area (Å²) in [4.78, 5) is 20.6. The van der Waals surface area contributed by atoms with Crippen molar-refractivity contribution < 1.29 is 9.53 Å². The normalized spacial score (nSPS) is 30.9. The smallest absolute Gasteiger partial charge is 0.291 e. The predicted molar refractivity (Wildman–Crippen MR) is 73.7 cm³/mol. The first-order valence-corrected chi connectivity index (χ1v) is 7.38. The summed E-state index contributed by atoms with van der Waals surface area (Å²) in [7, 11) is 0. The van der Waals surface area contributed by atoms with Crippen LogP contribution in [0.2, 0.25) is 0 Å². The lowest BCUT2D eigenvalue weighted by Crippen LogP contribution is -2.61. The summed E-state index contributed by atoms with van der Waals surface area (Å²) in [6.45, 7) is 2.93. The van der Waals surface area contributed by atoms with Gasteiger partial charge in [-0.3, -0.25) is 4.79 Å². The third-order valence-corrected chi connectivity index (χ3v) is 4.62. The lowest BCUT2D eigenvalue weighted by Gasteiger charge is -2.47. The third kappa shape index (κ3) is 1.91. The quantitative estimate of drug-likeness (QED) is 0.897. The molecule has 1 aliphatic heterocycles. The van der Waals surface area contributed by atoms with Gasteiger partial charge in [-0.15, -0.1) is 5.10 Å². The molecule has 1 amide bonds. The van der Waals surface area contributed by atoms with Crippen molar-refractivity contribution in [1.29, 1.82) is 0 Å². The van der Waals surface area contributed by atoms with E-state index < -0.39 is 0 Å². The average molecular weight is 287 g/mol. The van der Waals surface area contributed by atoms with Crippen molar-refractivity contribution >= 4 is 11.7 Å². The number of ether oxygens (including phenoxy) is 1. The predicted octanol–water partition coefficient (Wildman–Crippen LogP) is 0.668. The van der Waals surface area contributed by atoms with Crippen molar-refractivity contribution in [2.24, 2.45) is 11.8 Å². The fourth-order valence-corrected chi connectivity index (χ4v) is 3.57. The van der Waals surface area contributed by atoms with Crippen molar-refractivity contribution in [2.75, 3.05) is 6.61 Å². The molecule has 7 heteroatoms. The van der Waals surface area contributed by atoms with Gasteiger partial charge >= 0.3 is 0 Å². The van der Waals surface area contributed by atoms with Crippen LogP contribution in [0.4, 0.5) is 0 Å². The summed E-state index contributed by atoms with van der Waals surface area (Å²) >= 11 is 0. The van der Waals surface area contributed by atoms with E-state index in [4.69, 9.17) is 4.74 Å². The Hall–Kier alpha value is -2.02. The molecule has 2 fully saturated rings. The monoisotopic (exact) mass is 287 g/mol. The molecule has 0 unspecified atom stereocenters. The van der Waals surface area contributed by atoms with Gasteiger partial charge in [0.15, 0.2) is 0 Å². The standard InChI is InChI=1S/C14H17N5O2/c1-2-8-10(9-4-7-21-11(8)9)16-13(20)12-17-14-15-5-3-6-19(14)18-12/h3,5-6,8-11H,2,4,7H2,1H3,(H,16,20)/t8-,9+,10-,11-/m1/s1. The van der Waals surface area contributed by atoms with Crippen molar-refractivity contribution in [2.45, 2.75) is 31.9 Å². The summed E-state index contributed by atoms with van der Waals surface area (Å²) in [6.07, 6.45) is 5.70. The van der Waals surface area contributed by atoms with Gasteiger partial charge in [0, 0.05) is 36.9 Å². The summed E-state index contributed by atoms with van der Waals surface area (Å²) in [5, 5.41) is 7.24. The molecule has 1 aliphatic carbocycles. The van der Waals surface area contributed by atoms with Crippen molar-refractivity contribution in [1.82, 2.24) is 24.9 Å². The highest BCUT2D eigenvalue weighted by Crippen LogP contribution is 2.45. The van der Waals surface area contributed by atoms with E-state index in [2.05, 4.69) is 27.3 Å². The Bertz CT molecular complexity index is 652. The summed E-state index contributed by atoms with van der Waals surface area (Å²) in [5.74, 6) is 1.22. The second-order valence-electron chi connectivity index (χ2n) is 5.66. The fourth-order valence-electron chi connectivity index (χ4n) is 3.57. The van der Waals surface area contributed by atoms with Gasteiger partial charge in [-0.1, -0.05) is 6.92 Å². The van der Waals surface area contributed by atoms with E-state index in [1.807, 2.05) is 0 Å². The highest BCUT2D eigenvalue weighted by atomic mass is 16.5. The Kier molecular flexibility index (Phi) is 2.88. The molecule has 1 saturated carbocycles.